The molecule has 0 amide bonds. The van der Waals surface area contributed by atoms with E-state index in [-0.39, 0.29) is 0 Å². The van der Waals surface area contributed by atoms with Gasteiger partial charge < -0.3 is 10.6 Å². The molecule has 2 N–H and O–H groups in total. The summed E-state index contributed by atoms with van der Waals surface area (Å²) in [6.07, 6.45) is 3.43. The van der Waals surface area contributed by atoms with Crippen molar-refractivity contribution in [3.63, 3.8) is 0 Å². The monoisotopic (exact) mass is 291 g/mol. The van der Waals surface area contributed by atoms with Gasteiger partial charge >= 0.3 is 0 Å². The molecule has 1 aromatic carbocycles. The number of anilines is 2. The van der Waals surface area contributed by atoms with Crippen LogP contribution in [0.1, 0.15) is 5.56 Å². The van der Waals surface area contributed by atoms with Crippen molar-refractivity contribution in [3.8, 4) is 0 Å². The van der Waals surface area contributed by atoms with Crippen LogP contribution in [0.2, 0.25) is 0 Å². The van der Waals surface area contributed by atoms with Gasteiger partial charge in [-0.1, -0.05) is 28.1 Å². The second-order valence-corrected chi connectivity index (χ2v) is 4.84. The number of aromatic nitrogens is 1. The number of rotatable bonds is 3. The van der Waals surface area contributed by atoms with Gasteiger partial charge in [0.05, 0.1) is 17.6 Å². The van der Waals surface area contributed by atoms with Crippen molar-refractivity contribution in [2.24, 2.45) is 0 Å². The Morgan fingerprint density at radius 1 is 1.35 bits per heavy atom. The molecule has 0 aliphatic heterocycles. The molecule has 0 radical (unpaired) electrons. The first-order valence-corrected chi connectivity index (χ1v) is 6.11. The van der Waals surface area contributed by atoms with Crippen LogP contribution < -0.4 is 10.6 Å². The predicted octanol–water partition coefficient (Wildman–Crippen LogP) is 3.06. The lowest BCUT2D eigenvalue weighted by Crippen LogP contribution is -2.17. The molecule has 0 fully saturated rings. The van der Waals surface area contributed by atoms with Gasteiger partial charge in [0.1, 0.15) is 0 Å². The minimum absolute atomic E-state index is 0.699. The maximum atomic E-state index is 5.89. The Morgan fingerprint density at radius 3 is 2.88 bits per heavy atom. The third-order valence-corrected chi connectivity index (χ3v) is 3.04. The quantitative estimate of drug-likeness (QED) is 0.945. The highest BCUT2D eigenvalue weighted by molar-refractivity contribution is 9.10. The van der Waals surface area contributed by atoms with Gasteiger partial charge in [0.15, 0.2) is 0 Å². The summed E-state index contributed by atoms with van der Waals surface area (Å²) in [5.74, 6) is 0. The second-order valence-electron chi connectivity index (χ2n) is 3.92. The van der Waals surface area contributed by atoms with Crippen LogP contribution in [0.25, 0.3) is 0 Å². The van der Waals surface area contributed by atoms with Gasteiger partial charge in [-0.05, 0) is 23.8 Å². The highest BCUT2D eigenvalue weighted by Gasteiger charge is 2.05. The SMILES string of the molecule is CN(Cc1cccc(Br)c1)c1ccncc1N. The first kappa shape index (κ1) is 11.9. The minimum atomic E-state index is 0.699. The summed E-state index contributed by atoms with van der Waals surface area (Å²) in [5.41, 5.74) is 8.82. The van der Waals surface area contributed by atoms with Gasteiger partial charge in [0.25, 0.3) is 0 Å². The van der Waals surface area contributed by atoms with Crippen molar-refractivity contribution in [3.05, 3.63) is 52.8 Å². The molecule has 0 aliphatic carbocycles. The van der Waals surface area contributed by atoms with E-state index >= 15 is 0 Å². The molecule has 2 aromatic rings. The summed E-state index contributed by atoms with van der Waals surface area (Å²) in [6.45, 7) is 0.813. The van der Waals surface area contributed by atoms with E-state index in [0.29, 0.717) is 5.69 Å². The van der Waals surface area contributed by atoms with E-state index < -0.39 is 0 Å². The molecular weight excluding hydrogens is 278 g/mol. The number of halogens is 1. The summed E-state index contributed by atoms with van der Waals surface area (Å²) in [5, 5.41) is 0. The first-order chi connectivity index (χ1) is 8.16. The van der Waals surface area contributed by atoms with Crippen LogP contribution in [0.15, 0.2) is 47.2 Å². The molecule has 0 unspecified atom stereocenters. The van der Waals surface area contributed by atoms with Crippen molar-refractivity contribution in [2.75, 3.05) is 17.7 Å². The fourth-order valence-corrected chi connectivity index (χ4v) is 2.19. The van der Waals surface area contributed by atoms with E-state index in [2.05, 4.69) is 37.9 Å². The van der Waals surface area contributed by atoms with Gasteiger partial charge in [0, 0.05) is 24.3 Å². The van der Waals surface area contributed by atoms with Crippen molar-refractivity contribution in [1.82, 2.24) is 4.98 Å². The Hall–Kier alpha value is -1.55. The second kappa shape index (κ2) is 5.19. The van der Waals surface area contributed by atoms with Gasteiger partial charge in [-0.15, -0.1) is 0 Å². The van der Waals surface area contributed by atoms with Crippen LogP contribution >= 0.6 is 15.9 Å². The third-order valence-electron chi connectivity index (χ3n) is 2.55. The fourth-order valence-electron chi connectivity index (χ4n) is 1.74. The van der Waals surface area contributed by atoms with E-state index in [0.717, 1.165) is 16.7 Å². The van der Waals surface area contributed by atoms with E-state index in [4.69, 9.17) is 5.73 Å². The zero-order chi connectivity index (χ0) is 12.3. The zero-order valence-electron chi connectivity index (χ0n) is 9.60. The normalized spacial score (nSPS) is 10.2. The molecule has 1 heterocycles. The molecule has 0 bridgehead atoms. The highest BCUT2D eigenvalue weighted by atomic mass is 79.9. The summed E-state index contributed by atoms with van der Waals surface area (Å²) in [7, 11) is 2.02. The molecular formula is C13H14BrN3. The average Bonchev–Trinajstić information content (AvgIpc) is 2.29. The fraction of sp³-hybridized carbons (Fsp3) is 0.154. The van der Waals surface area contributed by atoms with E-state index in [9.17, 15) is 0 Å². The standard InChI is InChI=1S/C13H14BrN3/c1-17(13-5-6-16-8-12(13)15)9-10-3-2-4-11(14)7-10/h2-8H,9,15H2,1H3. The lowest BCUT2D eigenvalue weighted by molar-refractivity contribution is 0.922. The maximum Gasteiger partial charge on any atom is 0.0738 e. The minimum Gasteiger partial charge on any atom is -0.396 e. The molecule has 0 saturated carbocycles. The van der Waals surface area contributed by atoms with Crippen LogP contribution in [0.3, 0.4) is 0 Å². The molecule has 88 valence electrons. The van der Waals surface area contributed by atoms with Crippen LogP contribution in [0, 0.1) is 0 Å². The molecule has 0 atom stereocenters. The number of nitrogens with two attached hydrogens (primary N) is 1. The maximum absolute atomic E-state index is 5.89. The highest BCUT2D eigenvalue weighted by Crippen LogP contribution is 2.22. The number of hydrogen-bond donors (Lipinski definition) is 1. The number of nitrogen functional groups attached to an aromatic ring is 1. The van der Waals surface area contributed by atoms with Crippen molar-refractivity contribution in [2.45, 2.75) is 6.54 Å². The first-order valence-electron chi connectivity index (χ1n) is 5.32. The molecule has 0 saturated heterocycles. The molecule has 0 aliphatic rings. The van der Waals surface area contributed by atoms with Crippen LogP contribution in [-0.4, -0.2) is 12.0 Å². The molecule has 4 heteroatoms. The summed E-state index contributed by atoms with van der Waals surface area (Å²) in [4.78, 5) is 6.10. The van der Waals surface area contributed by atoms with Crippen molar-refractivity contribution in [1.29, 1.82) is 0 Å². The van der Waals surface area contributed by atoms with Gasteiger partial charge in [-0.3, -0.25) is 4.98 Å². The van der Waals surface area contributed by atoms with E-state index in [1.807, 2.05) is 25.2 Å². The van der Waals surface area contributed by atoms with Crippen LogP contribution in [-0.2, 0) is 6.54 Å². The lowest BCUT2D eigenvalue weighted by Gasteiger charge is -2.20. The average molecular weight is 292 g/mol. The summed E-state index contributed by atoms with van der Waals surface area (Å²) in [6, 6.07) is 10.2. The van der Waals surface area contributed by atoms with E-state index in [1.54, 1.807) is 12.4 Å². The Kier molecular flexibility index (Phi) is 3.64. The number of pyridine rings is 1. The Balaban J connectivity index is 2.17. The third kappa shape index (κ3) is 2.97. The van der Waals surface area contributed by atoms with Gasteiger partial charge in [-0.25, -0.2) is 0 Å². The Morgan fingerprint density at radius 2 is 2.18 bits per heavy atom. The van der Waals surface area contributed by atoms with Crippen LogP contribution in [0.4, 0.5) is 11.4 Å². The molecule has 3 nitrogen and oxygen atoms in total. The van der Waals surface area contributed by atoms with Gasteiger partial charge in [-0.2, -0.15) is 0 Å². The van der Waals surface area contributed by atoms with Crippen molar-refractivity contribution < 1.29 is 0 Å². The van der Waals surface area contributed by atoms with E-state index in [1.165, 1.54) is 5.56 Å². The zero-order valence-corrected chi connectivity index (χ0v) is 11.2. The summed E-state index contributed by atoms with van der Waals surface area (Å²) < 4.78 is 1.09. The predicted molar refractivity (Wildman–Crippen MR) is 74.9 cm³/mol. The van der Waals surface area contributed by atoms with Crippen molar-refractivity contribution >= 4 is 27.3 Å². The largest absolute Gasteiger partial charge is 0.396 e. The number of nitrogens with zero attached hydrogens (tertiary/aromatic N) is 2. The molecule has 2 rings (SSSR count). The molecule has 1 aromatic heterocycles. The smallest absolute Gasteiger partial charge is 0.0738 e. The van der Waals surface area contributed by atoms with Gasteiger partial charge in [0.2, 0.25) is 0 Å². The number of benzene rings is 1. The Bertz CT molecular complexity index is 514. The number of hydrogen-bond acceptors (Lipinski definition) is 3. The summed E-state index contributed by atoms with van der Waals surface area (Å²) >= 11 is 3.47. The topological polar surface area (TPSA) is 42.2 Å². The molecule has 0 spiro atoms. The lowest BCUT2D eigenvalue weighted by atomic mass is 10.2. The Labute approximate surface area is 109 Å². The molecule has 17 heavy (non-hydrogen) atoms. The van der Waals surface area contributed by atoms with Crippen LogP contribution in [0.5, 0.6) is 0 Å².